The van der Waals surface area contributed by atoms with Crippen molar-refractivity contribution in [1.82, 2.24) is 10.6 Å². The van der Waals surface area contributed by atoms with Crippen LogP contribution in [0.2, 0.25) is 0 Å². The summed E-state index contributed by atoms with van der Waals surface area (Å²) < 4.78 is 5.18. The molecule has 276 valence electrons. The zero-order chi connectivity index (χ0) is 35.6. The van der Waals surface area contributed by atoms with Gasteiger partial charge in [-0.15, -0.1) is 0 Å². The first-order valence-corrected chi connectivity index (χ1v) is 20.5. The molecule has 0 spiro atoms. The normalized spacial score (nSPS) is 16.0. The fraction of sp³-hybridized carbons (Fsp3) is 0.615. The van der Waals surface area contributed by atoms with Gasteiger partial charge in [-0.1, -0.05) is 108 Å². The first-order chi connectivity index (χ1) is 24.0. The summed E-state index contributed by atoms with van der Waals surface area (Å²) in [6, 6.07) is -0.862. The lowest BCUT2D eigenvalue weighted by atomic mass is 10.1. The standard InChI is InChI=1S/C39H62N2O6S2/c1-2-3-4-5-6-7-8-9-10-11-12-13-14-15-16-17-18-19-20-27-37(44)40-30-24-23-26-36(39(46)47-34(32-42)33-43)41-38(45)28-22-21-25-35-29-31-48-49-35/h3-4,6-7,9-10,12-13,15-16,18-19,34-36,42-43H,2,5,8,11,14,17,20-33H2,1H3,(H,40,44)(H,41,45). The van der Waals surface area contributed by atoms with Gasteiger partial charge in [0.15, 0.2) is 0 Å². The van der Waals surface area contributed by atoms with Crippen LogP contribution in [0.1, 0.15) is 110 Å². The SMILES string of the molecule is CCC=CCC=CCC=CCC=CCC=CCC=CCCC(=O)NCCCCC(NC(=O)CCCCC1CCSS1)C(=O)OC(CO)CO. The average molecular weight is 719 g/mol. The summed E-state index contributed by atoms with van der Waals surface area (Å²) in [5.41, 5.74) is 0. The minimum absolute atomic E-state index is 0.0212. The van der Waals surface area contributed by atoms with Crippen LogP contribution in [-0.2, 0) is 19.1 Å². The van der Waals surface area contributed by atoms with Crippen LogP contribution in [0.25, 0.3) is 0 Å². The van der Waals surface area contributed by atoms with Crippen molar-refractivity contribution in [1.29, 1.82) is 0 Å². The molecule has 0 aromatic rings. The second-order valence-electron chi connectivity index (χ2n) is 11.9. The van der Waals surface area contributed by atoms with E-state index in [4.69, 9.17) is 4.74 Å². The van der Waals surface area contributed by atoms with E-state index >= 15 is 0 Å². The first kappa shape index (κ1) is 44.5. The third-order valence-electron chi connectivity index (χ3n) is 7.59. The van der Waals surface area contributed by atoms with Crippen LogP contribution < -0.4 is 10.6 Å². The summed E-state index contributed by atoms with van der Waals surface area (Å²) in [4.78, 5) is 37.5. The molecular weight excluding hydrogens is 657 g/mol. The van der Waals surface area contributed by atoms with Crippen LogP contribution in [0, 0.1) is 0 Å². The van der Waals surface area contributed by atoms with Crippen molar-refractivity contribution in [2.24, 2.45) is 0 Å². The van der Waals surface area contributed by atoms with Crippen molar-refractivity contribution in [3.05, 3.63) is 72.9 Å². The summed E-state index contributed by atoms with van der Waals surface area (Å²) in [5, 5.41) is 24.9. The van der Waals surface area contributed by atoms with Crippen LogP contribution in [0.5, 0.6) is 0 Å². The number of allylic oxidation sites excluding steroid dienone is 12. The zero-order valence-electron chi connectivity index (χ0n) is 29.6. The Morgan fingerprint density at radius 3 is 1.90 bits per heavy atom. The summed E-state index contributed by atoms with van der Waals surface area (Å²) in [7, 11) is 3.84. The Morgan fingerprint density at radius 1 is 0.755 bits per heavy atom. The van der Waals surface area contributed by atoms with Crippen LogP contribution >= 0.6 is 21.6 Å². The topological polar surface area (TPSA) is 125 Å². The molecule has 1 fully saturated rings. The highest BCUT2D eigenvalue weighted by Gasteiger charge is 2.25. The van der Waals surface area contributed by atoms with Gasteiger partial charge in [0.05, 0.1) is 13.2 Å². The monoisotopic (exact) mass is 718 g/mol. The van der Waals surface area contributed by atoms with Gasteiger partial charge in [-0.05, 0) is 83.5 Å². The molecule has 10 heteroatoms. The highest BCUT2D eigenvalue weighted by atomic mass is 33.1. The molecule has 8 nitrogen and oxygen atoms in total. The fourth-order valence-corrected chi connectivity index (χ4v) is 7.79. The number of carbonyl (C=O) groups excluding carboxylic acids is 3. The summed E-state index contributed by atoms with van der Waals surface area (Å²) in [6.45, 7) is 1.63. The minimum Gasteiger partial charge on any atom is -0.456 e. The molecule has 0 radical (unpaired) electrons. The van der Waals surface area contributed by atoms with Crippen molar-refractivity contribution in [2.45, 2.75) is 127 Å². The van der Waals surface area contributed by atoms with Gasteiger partial charge in [0.1, 0.15) is 12.1 Å². The fourth-order valence-electron chi connectivity index (χ4n) is 4.76. The molecule has 2 amide bonds. The summed E-state index contributed by atoms with van der Waals surface area (Å²) in [5.74, 6) is 0.298. The molecule has 4 N–H and O–H groups in total. The Morgan fingerprint density at radius 2 is 1.35 bits per heavy atom. The zero-order valence-corrected chi connectivity index (χ0v) is 31.3. The summed E-state index contributed by atoms with van der Waals surface area (Å²) >= 11 is 0. The van der Waals surface area contributed by atoms with Gasteiger partial charge < -0.3 is 25.6 Å². The molecule has 1 saturated heterocycles. The molecule has 1 aliphatic heterocycles. The number of rotatable bonds is 29. The molecule has 49 heavy (non-hydrogen) atoms. The van der Waals surface area contributed by atoms with E-state index in [1.807, 2.05) is 27.7 Å². The second kappa shape index (κ2) is 32.7. The lowest BCUT2D eigenvalue weighted by Gasteiger charge is -2.21. The van der Waals surface area contributed by atoms with Gasteiger partial charge in [-0.3, -0.25) is 9.59 Å². The molecule has 1 aliphatic rings. The van der Waals surface area contributed by atoms with Crippen molar-refractivity contribution in [3.8, 4) is 0 Å². The molecule has 0 aromatic carbocycles. The maximum absolute atomic E-state index is 12.7. The number of nitrogens with one attached hydrogen (secondary N) is 2. The molecule has 1 rings (SSSR count). The number of carbonyl (C=O) groups is 3. The van der Waals surface area contributed by atoms with E-state index in [0.717, 1.165) is 57.8 Å². The smallest absolute Gasteiger partial charge is 0.329 e. The summed E-state index contributed by atoms with van der Waals surface area (Å²) in [6.07, 6.45) is 37.7. The van der Waals surface area contributed by atoms with Crippen LogP contribution in [-0.4, -0.2) is 70.9 Å². The highest BCUT2D eigenvalue weighted by molar-refractivity contribution is 8.77. The van der Waals surface area contributed by atoms with Crippen molar-refractivity contribution in [2.75, 3.05) is 25.5 Å². The molecule has 2 atom stereocenters. The van der Waals surface area contributed by atoms with Crippen molar-refractivity contribution in [3.63, 3.8) is 0 Å². The number of aliphatic hydroxyl groups is 2. The highest BCUT2D eigenvalue weighted by Crippen LogP contribution is 2.39. The number of amides is 2. The Kier molecular flexibility index (Phi) is 29.7. The molecule has 0 aromatic heterocycles. The van der Waals surface area contributed by atoms with Gasteiger partial charge in [0.25, 0.3) is 0 Å². The van der Waals surface area contributed by atoms with E-state index in [-0.39, 0.29) is 11.8 Å². The molecular formula is C39H62N2O6S2. The first-order valence-electron chi connectivity index (χ1n) is 18.2. The lowest BCUT2D eigenvalue weighted by molar-refractivity contribution is -0.157. The number of esters is 1. The number of ether oxygens (including phenoxy) is 1. The van der Waals surface area contributed by atoms with Gasteiger partial charge in [-0.2, -0.15) is 0 Å². The average Bonchev–Trinajstić information content (AvgIpc) is 3.63. The number of unbranched alkanes of at least 4 members (excludes halogenated alkanes) is 2. The number of aliphatic hydroxyl groups excluding tert-OH is 2. The van der Waals surface area contributed by atoms with Crippen molar-refractivity contribution >= 4 is 39.4 Å². The van der Waals surface area contributed by atoms with Gasteiger partial charge >= 0.3 is 5.97 Å². The Labute approximate surface area is 303 Å². The lowest BCUT2D eigenvalue weighted by Crippen LogP contribution is -2.44. The van der Waals surface area contributed by atoms with Gasteiger partial charge in [0, 0.05) is 30.4 Å². The van der Waals surface area contributed by atoms with E-state index in [0.29, 0.717) is 50.3 Å². The predicted molar refractivity (Wildman–Crippen MR) is 207 cm³/mol. The van der Waals surface area contributed by atoms with E-state index in [1.54, 1.807) is 0 Å². The van der Waals surface area contributed by atoms with Crippen LogP contribution in [0.4, 0.5) is 0 Å². The number of hydrogen-bond acceptors (Lipinski definition) is 8. The third-order valence-corrected chi connectivity index (χ3v) is 10.6. The maximum atomic E-state index is 12.7. The van der Waals surface area contributed by atoms with E-state index in [9.17, 15) is 24.6 Å². The maximum Gasteiger partial charge on any atom is 0.329 e. The molecule has 0 saturated carbocycles. The van der Waals surface area contributed by atoms with Gasteiger partial charge in [-0.25, -0.2) is 4.79 Å². The Bertz CT molecular complexity index is 1050. The minimum atomic E-state index is -1.02. The Hall–Kier alpha value is -2.53. The van der Waals surface area contributed by atoms with E-state index < -0.39 is 31.3 Å². The van der Waals surface area contributed by atoms with Crippen LogP contribution in [0.15, 0.2) is 72.9 Å². The van der Waals surface area contributed by atoms with Gasteiger partial charge in [0.2, 0.25) is 11.8 Å². The largest absolute Gasteiger partial charge is 0.456 e. The third kappa shape index (κ3) is 26.9. The molecule has 0 aliphatic carbocycles. The quantitative estimate of drug-likeness (QED) is 0.0267. The van der Waals surface area contributed by atoms with Crippen molar-refractivity contribution < 1.29 is 29.3 Å². The molecule has 2 unspecified atom stereocenters. The molecule has 0 bridgehead atoms. The van der Waals surface area contributed by atoms with E-state index in [1.165, 1.54) is 12.2 Å². The number of hydrogen-bond donors (Lipinski definition) is 4. The Balaban J connectivity index is 2.18. The second-order valence-corrected chi connectivity index (χ2v) is 14.7. The molecule has 1 heterocycles. The van der Waals surface area contributed by atoms with Crippen LogP contribution in [0.3, 0.4) is 0 Å². The predicted octanol–water partition coefficient (Wildman–Crippen LogP) is 7.85. The van der Waals surface area contributed by atoms with E-state index in [2.05, 4.69) is 84.4 Å².